The van der Waals surface area contributed by atoms with Gasteiger partial charge in [-0.15, -0.1) is 11.3 Å². The summed E-state index contributed by atoms with van der Waals surface area (Å²) in [4.78, 5) is 14.0. The molecule has 0 unspecified atom stereocenters. The number of amides is 1. The van der Waals surface area contributed by atoms with E-state index in [1.165, 1.54) is 16.6 Å². The summed E-state index contributed by atoms with van der Waals surface area (Å²) in [7, 11) is -1.79. The van der Waals surface area contributed by atoms with E-state index in [0.717, 1.165) is 11.3 Å². The summed E-state index contributed by atoms with van der Waals surface area (Å²) in [5.41, 5.74) is 0.508. The summed E-state index contributed by atoms with van der Waals surface area (Å²) in [6.07, 6.45) is 3.16. The van der Waals surface area contributed by atoms with E-state index >= 15 is 0 Å². The summed E-state index contributed by atoms with van der Waals surface area (Å²) in [5, 5.41) is 3.98. The third kappa shape index (κ3) is 3.27. The Labute approximate surface area is 143 Å². The standard InChI is InChI=1S/C13H15ClN4O3S2/c1-16-9-10(8-15-16)13(19)17-4-6-18(7-5-17)23(20,21)12-3-2-11(14)22-12/h2-3,8-9H,4-7H2,1H3. The van der Waals surface area contributed by atoms with Crippen LogP contribution in [0, 0.1) is 0 Å². The Morgan fingerprint density at radius 3 is 2.48 bits per heavy atom. The minimum Gasteiger partial charge on any atom is -0.336 e. The summed E-state index contributed by atoms with van der Waals surface area (Å²) < 4.78 is 28.6. The van der Waals surface area contributed by atoms with Crippen LogP contribution >= 0.6 is 22.9 Å². The number of piperazine rings is 1. The highest BCUT2D eigenvalue weighted by Crippen LogP contribution is 2.28. The third-order valence-corrected chi connectivity index (χ3v) is 7.22. The summed E-state index contributed by atoms with van der Waals surface area (Å²) >= 11 is 6.85. The minimum atomic E-state index is -3.54. The number of thiophene rings is 1. The van der Waals surface area contributed by atoms with Crippen LogP contribution in [0.5, 0.6) is 0 Å². The van der Waals surface area contributed by atoms with Crippen molar-refractivity contribution in [2.75, 3.05) is 26.2 Å². The van der Waals surface area contributed by atoms with Crippen molar-refractivity contribution in [2.24, 2.45) is 7.05 Å². The second kappa shape index (κ2) is 6.23. The van der Waals surface area contributed by atoms with E-state index in [9.17, 15) is 13.2 Å². The number of aryl methyl sites for hydroxylation is 1. The number of hydrogen-bond acceptors (Lipinski definition) is 5. The number of hydrogen-bond donors (Lipinski definition) is 0. The molecule has 0 bridgehead atoms. The van der Waals surface area contributed by atoms with Gasteiger partial charge in [0.1, 0.15) is 4.21 Å². The first-order valence-electron chi connectivity index (χ1n) is 6.91. The van der Waals surface area contributed by atoms with Crippen LogP contribution in [0.1, 0.15) is 10.4 Å². The molecule has 3 rings (SSSR count). The number of carbonyl (C=O) groups excluding carboxylic acids is 1. The molecule has 0 radical (unpaired) electrons. The molecule has 1 saturated heterocycles. The maximum absolute atomic E-state index is 12.5. The van der Waals surface area contributed by atoms with Crippen LogP contribution in [0.15, 0.2) is 28.7 Å². The Morgan fingerprint density at radius 2 is 1.96 bits per heavy atom. The molecule has 2 aromatic rings. The van der Waals surface area contributed by atoms with Crippen LogP contribution in [-0.4, -0.2) is 59.5 Å². The number of aromatic nitrogens is 2. The number of sulfonamides is 1. The molecule has 0 aromatic carbocycles. The van der Waals surface area contributed by atoms with Crippen molar-refractivity contribution in [2.45, 2.75) is 4.21 Å². The molecule has 2 aromatic heterocycles. The van der Waals surface area contributed by atoms with Gasteiger partial charge in [-0.05, 0) is 12.1 Å². The zero-order valence-electron chi connectivity index (χ0n) is 12.3. The van der Waals surface area contributed by atoms with E-state index in [4.69, 9.17) is 11.6 Å². The molecule has 0 N–H and O–H groups in total. The van der Waals surface area contributed by atoms with Gasteiger partial charge in [0.05, 0.1) is 16.1 Å². The first-order chi connectivity index (χ1) is 10.9. The fourth-order valence-electron chi connectivity index (χ4n) is 2.41. The minimum absolute atomic E-state index is 0.130. The zero-order chi connectivity index (χ0) is 16.6. The van der Waals surface area contributed by atoms with E-state index in [1.807, 2.05) is 0 Å². The van der Waals surface area contributed by atoms with Gasteiger partial charge in [-0.1, -0.05) is 11.6 Å². The Balaban J connectivity index is 1.67. The average molecular weight is 375 g/mol. The smallest absolute Gasteiger partial charge is 0.257 e. The van der Waals surface area contributed by atoms with Crippen LogP contribution in [0.2, 0.25) is 4.34 Å². The molecule has 1 amide bonds. The highest BCUT2D eigenvalue weighted by molar-refractivity contribution is 7.91. The largest absolute Gasteiger partial charge is 0.336 e. The molecule has 10 heteroatoms. The fraction of sp³-hybridized carbons (Fsp3) is 0.385. The average Bonchev–Trinajstić information content (AvgIpc) is 3.15. The van der Waals surface area contributed by atoms with Gasteiger partial charge in [0.25, 0.3) is 15.9 Å². The topological polar surface area (TPSA) is 75.5 Å². The van der Waals surface area contributed by atoms with E-state index in [-0.39, 0.29) is 23.2 Å². The van der Waals surface area contributed by atoms with Gasteiger partial charge < -0.3 is 4.90 Å². The van der Waals surface area contributed by atoms with Crippen LogP contribution < -0.4 is 0 Å². The van der Waals surface area contributed by atoms with Gasteiger partial charge in [-0.2, -0.15) is 9.40 Å². The lowest BCUT2D eigenvalue weighted by Crippen LogP contribution is -2.50. The maximum atomic E-state index is 12.5. The maximum Gasteiger partial charge on any atom is 0.257 e. The molecule has 0 spiro atoms. The van der Waals surface area contributed by atoms with Gasteiger partial charge in [-0.25, -0.2) is 8.42 Å². The lowest BCUT2D eigenvalue weighted by Gasteiger charge is -2.33. The van der Waals surface area contributed by atoms with Crippen molar-refractivity contribution in [3.63, 3.8) is 0 Å². The number of nitrogens with zero attached hydrogens (tertiary/aromatic N) is 4. The highest BCUT2D eigenvalue weighted by atomic mass is 35.5. The van der Waals surface area contributed by atoms with Crippen LogP contribution in [0.3, 0.4) is 0 Å². The van der Waals surface area contributed by atoms with E-state index in [0.29, 0.717) is 23.0 Å². The van der Waals surface area contributed by atoms with Gasteiger partial charge in [-0.3, -0.25) is 9.48 Å². The SMILES string of the molecule is Cn1cc(C(=O)N2CCN(S(=O)(=O)c3ccc(Cl)s3)CC2)cn1. The first kappa shape index (κ1) is 16.4. The van der Waals surface area contributed by atoms with E-state index in [1.54, 1.807) is 28.9 Å². The third-order valence-electron chi connectivity index (χ3n) is 3.62. The molecule has 7 nitrogen and oxygen atoms in total. The molecule has 0 saturated carbocycles. The van der Waals surface area contributed by atoms with Crippen molar-refractivity contribution in [3.8, 4) is 0 Å². The molecule has 1 aliphatic heterocycles. The zero-order valence-corrected chi connectivity index (χ0v) is 14.7. The Hall–Kier alpha value is -1.42. The van der Waals surface area contributed by atoms with Crippen LogP contribution in [-0.2, 0) is 17.1 Å². The molecular weight excluding hydrogens is 360 g/mol. The molecule has 124 valence electrons. The molecule has 0 atom stereocenters. The number of halogens is 1. The van der Waals surface area contributed by atoms with Gasteiger partial charge in [0.15, 0.2) is 0 Å². The first-order valence-corrected chi connectivity index (χ1v) is 9.55. The summed E-state index contributed by atoms with van der Waals surface area (Å²) in [5.74, 6) is -0.130. The predicted molar refractivity (Wildman–Crippen MR) is 87.2 cm³/mol. The molecule has 1 aliphatic rings. The summed E-state index contributed by atoms with van der Waals surface area (Å²) in [6, 6.07) is 3.08. The van der Waals surface area contributed by atoms with Gasteiger partial charge >= 0.3 is 0 Å². The van der Waals surface area contributed by atoms with Crippen LogP contribution in [0.4, 0.5) is 0 Å². The number of carbonyl (C=O) groups is 1. The number of rotatable bonds is 3. The molecular formula is C13H15ClN4O3S2. The molecule has 23 heavy (non-hydrogen) atoms. The second-order valence-corrected chi connectivity index (χ2v) is 9.04. The Kier molecular flexibility index (Phi) is 4.45. The lowest BCUT2D eigenvalue weighted by molar-refractivity contribution is 0.0698. The Bertz CT molecular complexity index is 822. The molecule has 1 fully saturated rings. The normalized spacial score (nSPS) is 16.7. The van der Waals surface area contributed by atoms with Crippen molar-refractivity contribution >= 4 is 38.9 Å². The van der Waals surface area contributed by atoms with Gasteiger partial charge in [0, 0.05) is 39.4 Å². The van der Waals surface area contributed by atoms with Crippen molar-refractivity contribution in [3.05, 3.63) is 34.4 Å². The Morgan fingerprint density at radius 1 is 1.26 bits per heavy atom. The van der Waals surface area contributed by atoms with Crippen molar-refractivity contribution in [1.82, 2.24) is 19.0 Å². The van der Waals surface area contributed by atoms with Gasteiger partial charge in [0.2, 0.25) is 0 Å². The summed E-state index contributed by atoms with van der Waals surface area (Å²) in [6.45, 7) is 1.24. The fourth-order valence-corrected chi connectivity index (χ4v) is 5.47. The highest BCUT2D eigenvalue weighted by Gasteiger charge is 2.31. The van der Waals surface area contributed by atoms with Crippen LogP contribution in [0.25, 0.3) is 0 Å². The molecule has 3 heterocycles. The predicted octanol–water partition coefficient (Wildman–Crippen LogP) is 1.28. The van der Waals surface area contributed by atoms with E-state index in [2.05, 4.69) is 5.10 Å². The monoisotopic (exact) mass is 374 g/mol. The van der Waals surface area contributed by atoms with Crippen molar-refractivity contribution < 1.29 is 13.2 Å². The van der Waals surface area contributed by atoms with E-state index < -0.39 is 10.0 Å². The van der Waals surface area contributed by atoms with Crippen molar-refractivity contribution in [1.29, 1.82) is 0 Å². The second-order valence-electron chi connectivity index (χ2n) is 5.16. The quantitative estimate of drug-likeness (QED) is 0.811. The lowest BCUT2D eigenvalue weighted by atomic mass is 10.2. The molecule has 0 aliphatic carbocycles.